The molecule has 2 rings (SSSR count). The van der Waals surface area contributed by atoms with Crippen molar-refractivity contribution in [1.29, 1.82) is 0 Å². The molecule has 1 saturated heterocycles. The molecule has 1 aliphatic heterocycles. The maximum atomic E-state index is 5.60. The monoisotopic (exact) mass is 221 g/mol. The van der Waals surface area contributed by atoms with Crippen LogP contribution in [-0.2, 0) is 4.74 Å². The molecule has 0 saturated carbocycles. The van der Waals surface area contributed by atoms with Gasteiger partial charge in [-0.05, 0) is 29.2 Å². The largest absolute Gasteiger partial charge is 0.496 e. The highest BCUT2D eigenvalue weighted by Crippen LogP contribution is 2.30. The molecule has 1 aliphatic rings. The van der Waals surface area contributed by atoms with E-state index >= 15 is 0 Å². The molecule has 0 bridgehead atoms. The first kappa shape index (κ1) is 11.4. The Morgan fingerprint density at radius 3 is 2.81 bits per heavy atom. The number of benzene rings is 1. The van der Waals surface area contributed by atoms with Gasteiger partial charge in [-0.2, -0.15) is 0 Å². The second-order valence-corrected chi connectivity index (χ2v) is 4.41. The van der Waals surface area contributed by atoms with E-state index in [4.69, 9.17) is 9.47 Å². The molecule has 3 heteroatoms. The Morgan fingerprint density at radius 1 is 1.44 bits per heavy atom. The van der Waals surface area contributed by atoms with E-state index < -0.39 is 0 Å². The molecule has 1 unspecified atom stereocenters. The molecule has 1 heterocycles. The average Bonchev–Trinajstić information content (AvgIpc) is 2.81. The summed E-state index contributed by atoms with van der Waals surface area (Å²) < 4.78 is 11.0. The van der Waals surface area contributed by atoms with Crippen LogP contribution in [0.25, 0.3) is 0 Å². The zero-order valence-corrected chi connectivity index (χ0v) is 10.1. The van der Waals surface area contributed by atoms with Gasteiger partial charge < -0.3 is 9.47 Å². The number of rotatable bonds is 3. The first-order chi connectivity index (χ1) is 7.72. The molecule has 0 aromatic heterocycles. The van der Waals surface area contributed by atoms with Gasteiger partial charge in [0.05, 0.1) is 19.9 Å². The first-order valence-corrected chi connectivity index (χ1v) is 5.72. The molecule has 16 heavy (non-hydrogen) atoms. The van der Waals surface area contributed by atoms with Crippen molar-refractivity contribution in [2.24, 2.45) is 0 Å². The van der Waals surface area contributed by atoms with Gasteiger partial charge in [-0.15, -0.1) is 0 Å². The van der Waals surface area contributed by atoms with Crippen molar-refractivity contribution in [3.05, 3.63) is 29.3 Å². The summed E-state index contributed by atoms with van der Waals surface area (Å²) in [4.78, 5) is 0. The minimum Gasteiger partial charge on any atom is -0.496 e. The predicted molar refractivity (Wildman–Crippen MR) is 63.8 cm³/mol. The molecule has 88 valence electrons. The Labute approximate surface area is 96.8 Å². The quantitative estimate of drug-likeness (QED) is 0.850. The molecule has 1 aromatic carbocycles. The molecule has 0 amide bonds. The Hall–Kier alpha value is -1.06. The fourth-order valence-corrected chi connectivity index (χ4v) is 2.03. The zero-order valence-electron chi connectivity index (χ0n) is 10.1. The molecule has 1 fully saturated rings. The minimum absolute atomic E-state index is 0.184. The second kappa shape index (κ2) is 4.85. The smallest absolute Gasteiger partial charge is 0.122 e. The van der Waals surface area contributed by atoms with E-state index in [0.717, 1.165) is 12.3 Å². The van der Waals surface area contributed by atoms with Crippen molar-refractivity contribution in [2.45, 2.75) is 25.9 Å². The highest BCUT2D eigenvalue weighted by molar-refractivity contribution is 5.40. The normalized spacial score (nSPS) is 20.4. The van der Waals surface area contributed by atoms with Gasteiger partial charge in [-0.3, -0.25) is 5.32 Å². The van der Waals surface area contributed by atoms with Gasteiger partial charge >= 0.3 is 0 Å². The third kappa shape index (κ3) is 2.20. The fraction of sp³-hybridized carbons (Fsp3) is 0.538. The number of ether oxygens (including phenoxy) is 2. The lowest BCUT2D eigenvalue weighted by Gasteiger charge is -2.16. The molecule has 0 radical (unpaired) electrons. The van der Waals surface area contributed by atoms with Crippen LogP contribution >= 0.6 is 0 Å². The molecule has 1 atom stereocenters. The number of methoxy groups -OCH3 is 1. The Balaban J connectivity index is 2.30. The summed E-state index contributed by atoms with van der Waals surface area (Å²) >= 11 is 0. The summed E-state index contributed by atoms with van der Waals surface area (Å²) in [6, 6.07) is 6.32. The molecular weight excluding hydrogens is 202 g/mol. The van der Waals surface area contributed by atoms with Gasteiger partial charge in [0.2, 0.25) is 0 Å². The van der Waals surface area contributed by atoms with Crippen LogP contribution < -0.4 is 10.1 Å². The topological polar surface area (TPSA) is 30.5 Å². The van der Waals surface area contributed by atoms with E-state index in [1.54, 1.807) is 7.11 Å². The lowest BCUT2D eigenvalue weighted by Crippen LogP contribution is -2.08. The summed E-state index contributed by atoms with van der Waals surface area (Å²) in [5.41, 5.74) is 2.48. The van der Waals surface area contributed by atoms with Crippen molar-refractivity contribution < 1.29 is 9.47 Å². The number of hydrogen-bond acceptors (Lipinski definition) is 3. The highest BCUT2D eigenvalue weighted by atomic mass is 16.5. The van der Waals surface area contributed by atoms with Gasteiger partial charge in [-0.25, -0.2) is 0 Å². The molecule has 3 nitrogen and oxygen atoms in total. The van der Waals surface area contributed by atoms with Gasteiger partial charge in [-0.1, -0.05) is 19.9 Å². The molecule has 1 aromatic rings. The van der Waals surface area contributed by atoms with Crippen molar-refractivity contribution in [1.82, 2.24) is 5.32 Å². The van der Waals surface area contributed by atoms with E-state index in [9.17, 15) is 0 Å². The van der Waals surface area contributed by atoms with Gasteiger partial charge in [0, 0.05) is 6.54 Å². The van der Waals surface area contributed by atoms with Crippen LogP contribution in [0.5, 0.6) is 5.75 Å². The first-order valence-electron chi connectivity index (χ1n) is 5.72. The SMILES string of the molecule is COc1ccc(C2CNCO2)cc1C(C)C. The third-order valence-electron chi connectivity index (χ3n) is 2.96. The van der Waals surface area contributed by atoms with E-state index in [1.807, 2.05) is 6.07 Å². The van der Waals surface area contributed by atoms with Gasteiger partial charge in [0.1, 0.15) is 5.75 Å². The summed E-state index contributed by atoms with van der Waals surface area (Å²) in [6.07, 6.45) is 0.184. The van der Waals surface area contributed by atoms with Crippen LogP contribution in [0.3, 0.4) is 0 Å². The fourth-order valence-electron chi connectivity index (χ4n) is 2.03. The summed E-state index contributed by atoms with van der Waals surface area (Å²) in [5.74, 6) is 1.42. The van der Waals surface area contributed by atoms with Crippen LogP contribution in [0.2, 0.25) is 0 Å². The molecule has 0 spiro atoms. The summed E-state index contributed by atoms with van der Waals surface area (Å²) in [5, 5.41) is 3.19. The van der Waals surface area contributed by atoms with Crippen LogP contribution in [0.1, 0.15) is 37.0 Å². The lowest BCUT2D eigenvalue weighted by molar-refractivity contribution is 0.114. The van der Waals surface area contributed by atoms with E-state index in [-0.39, 0.29) is 6.10 Å². The van der Waals surface area contributed by atoms with Gasteiger partial charge in [0.15, 0.2) is 0 Å². The summed E-state index contributed by atoms with van der Waals surface area (Å²) in [6.45, 7) is 5.89. The van der Waals surface area contributed by atoms with E-state index in [0.29, 0.717) is 12.6 Å². The maximum absolute atomic E-state index is 5.60. The van der Waals surface area contributed by atoms with Gasteiger partial charge in [0.25, 0.3) is 0 Å². The molecule has 0 aliphatic carbocycles. The van der Waals surface area contributed by atoms with Crippen LogP contribution in [0, 0.1) is 0 Å². The molecule has 1 N–H and O–H groups in total. The van der Waals surface area contributed by atoms with Crippen LogP contribution in [0.15, 0.2) is 18.2 Å². The minimum atomic E-state index is 0.184. The lowest BCUT2D eigenvalue weighted by atomic mass is 9.97. The van der Waals surface area contributed by atoms with E-state index in [2.05, 4.69) is 31.3 Å². The maximum Gasteiger partial charge on any atom is 0.122 e. The van der Waals surface area contributed by atoms with Crippen molar-refractivity contribution in [3.8, 4) is 5.75 Å². The van der Waals surface area contributed by atoms with Crippen molar-refractivity contribution in [2.75, 3.05) is 20.4 Å². The second-order valence-electron chi connectivity index (χ2n) is 4.41. The number of hydrogen-bond donors (Lipinski definition) is 1. The van der Waals surface area contributed by atoms with E-state index in [1.165, 1.54) is 11.1 Å². The average molecular weight is 221 g/mol. The highest BCUT2D eigenvalue weighted by Gasteiger charge is 2.19. The van der Waals surface area contributed by atoms with Crippen LogP contribution in [-0.4, -0.2) is 20.4 Å². The summed E-state index contributed by atoms with van der Waals surface area (Å²) in [7, 11) is 1.72. The Bertz CT molecular complexity index is 357. The number of nitrogens with one attached hydrogen (secondary N) is 1. The Kier molecular flexibility index (Phi) is 3.46. The third-order valence-corrected chi connectivity index (χ3v) is 2.96. The standard InChI is InChI=1S/C13H19NO2/c1-9(2)11-6-10(4-5-12(11)15-3)13-7-14-8-16-13/h4-6,9,13-14H,7-8H2,1-3H3. The molecular formula is C13H19NO2. The predicted octanol–water partition coefficient (Wildman–Crippen LogP) is 2.44. The zero-order chi connectivity index (χ0) is 11.5. The van der Waals surface area contributed by atoms with Crippen molar-refractivity contribution >= 4 is 0 Å². The van der Waals surface area contributed by atoms with Crippen LogP contribution in [0.4, 0.5) is 0 Å². The van der Waals surface area contributed by atoms with Crippen molar-refractivity contribution in [3.63, 3.8) is 0 Å². The Morgan fingerprint density at radius 2 is 2.25 bits per heavy atom.